The van der Waals surface area contributed by atoms with Gasteiger partial charge in [-0.25, -0.2) is 8.42 Å². The number of carbonyl (C=O) groups excluding carboxylic acids is 1. The Labute approximate surface area is 236 Å². The van der Waals surface area contributed by atoms with Gasteiger partial charge < -0.3 is 25.0 Å². The number of nitrogens with one attached hydrogen (secondary N) is 1. The summed E-state index contributed by atoms with van der Waals surface area (Å²) in [6.07, 6.45) is -0.354. The second kappa shape index (κ2) is 14.2. The van der Waals surface area contributed by atoms with E-state index in [0.717, 1.165) is 11.1 Å². The van der Waals surface area contributed by atoms with Crippen LogP contribution in [-0.2, 0) is 27.7 Å². The molecule has 0 radical (unpaired) electrons. The first-order chi connectivity index (χ1) is 19.0. The number of carbonyl (C=O) groups is 1. The summed E-state index contributed by atoms with van der Waals surface area (Å²) in [5, 5.41) is 24.1. The van der Waals surface area contributed by atoms with Gasteiger partial charge >= 0.3 is 0 Å². The van der Waals surface area contributed by atoms with Crippen molar-refractivity contribution in [1.82, 2.24) is 9.62 Å². The Bertz CT molecular complexity index is 1350. The van der Waals surface area contributed by atoms with Crippen LogP contribution in [0.25, 0.3) is 0 Å². The van der Waals surface area contributed by atoms with E-state index < -0.39 is 28.2 Å². The summed E-state index contributed by atoms with van der Waals surface area (Å²) in [6.45, 7) is 3.27. The highest BCUT2D eigenvalue weighted by atomic mass is 32.2. The molecule has 0 unspecified atom stereocenters. The quantitative estimate of drug-likeness (QED) is 0.271. The normalized spacial score (nSPS) is 13.2. The summed E-state index contributed by atoms with van der Waals surface area (Å²) < 4.78 is 38.5. The molecule has 2 atom stereocenters. The van der Waals surface area contributed by atoms with Crippen LogP contribution in [0.15, 0.2) is 77.7 Å². The number of phenolic OH excluding ortho intramolecular Hbond substituents is 1. The smallest absolute Gasteiger partial charge is 0.243 e. The van der Waals surface area contributed by atoms with Crippen LogP contribution in [-0.4, -0.2) is 67.8 Å². The molecule has 40 heavy (non-hydrogen) atoms. The highest BCUT2D eigenvalue weighted by molar-refractivity contribution is 7.89. The van der Waals surface area contributed by atoms with E-state index in [1.807, 2.05) is 30.3 Å². The predicted molar refractivity (Wildman–Crippen MR) is 153 cm³/mol. The largest absolute Gasteiger partial charge is 0.504 e. The van der Waals surface area contributed by atoms with Gasteiger partial charge in [0.05, 0.1) is 31.3 Å². The average Bonchev–Trinajstić information content (AvgIpc) is 2.95. The van der Waals surface area contributed by atoms with E-state index in [9.17, 15) is 23.4 Å². The van der Waals surface area contributed by atoms with Crippen LogP contribution in [0.1, 0.15) is 31.4 Å². The fraction of sp³-hybridized carbons (Fsp3) is 0.367. The minimum atomic E-state index is -3.94. The van der Waals surface area contributed by atoms with E-state index in [4.69, 9.17) is 9.47 Å². The number of nitrogens with zero attached hydrogens (tertiary/aromatic N) is 1. The van der Waals surface area contributed by atoms with Crippen molar-refractivity contribution in [3.8, 4) is 17.2 Å². The van der Waals surface area contributed by atoms with Crippen LogP contribution in [0.2, 0.25) is 0 Å². The number of sulfonamides is 1. The predicted octanol–water partition coefficient (Wildman–Crippen LogP) is 3.53. The van der Waals surface area contributed by atoms with Crippen molar-refractivity contribution in [2.24, 2.45) is 0 Å². The third-order valence-corrected chi connectivity index (χ3v) is 8.66. The zero-order valence-electron chi connectivity index (χ0n) is 23.3. The van der Waals surface area contributed by atoms with Gasteiger partial charge in [0.15, 0.2) is 11.5 Å². The minimum Gasteiger partial charge on any atom is -0.504 e. The van der Waals surface area contributed by atoms with E-state index in [2.05, 4.69) is 5.32 Å². The molecule has 0 aliphatic rings. The molecule has 3 aromatic rings. The van der Waals surface area contributed by atoms with Crippen LogP contribution in [0.3, 0.4) is 0 Å². The first-order valence-corrected chi connectivity index (χ1v) is 14.5. The number of aliphatic hydroxyl groups excluding tert-OH is 1. The Morgan fingerprint density at radius 2 is 1.62 bits per heavy atom. The molecule has 0 spiro atoms. The van der Waals surface area contributed by atoms with Gasteiger partial charge in [0.1, 0.15) is 5.75 Å². The van der Waals surface area contributed by atoms with Crippen LogP contribution < -0.4 is 14.8 Å². The number of hydrogen-bond donors (Lipinski definition) is 3. The number of hydrogen-bond acceptors (Lipinski definition) is 7. The van der Waals surface area contributed by atoms with E-state index >= 15 is 0 Å². The zero-order chi connectivity index (χ0) is 29.3. The van der Waals surface area contributed by atoms with Gasteiger partial charge in [-0.15, -0.1) is 0 Å². The molecule has 0 aliphatic carbocycles. The lowest BCUT2D eigenvalue weighted by atomic mass is 10.00. The van der Waals surface area contributed by atoms with E-state index in [1.54, 1.807) is 38.1 Å². The van der Waals surface area contributed by atoms with Gasteiger partial charge in [-0.1, -0.05) is 36.4 Å². The number of benzene rings is 3. The van der Waals surface area contributed by atoms with Crippen molar-refractivity contribution in [1.29, 1.82) is 0 Å². The molecular weight excluding hydrogens is 532 g/mol. The third-order valence-electron chi connectivity index (χ3n) is 6.60. The fourth-order valence-corrected chi connectivity index (χ4v) is 6.00. The zero-order valence-corrected chi connectivity index (χ0v) is 24.1. The molecule has 3 aromatic carbocycles. The van der Waals surface area contributed by atoms with E-state index in [1.165, 1.54) is 36.7 Å². The first-order valence-electron chi connectivity index (χ1n) is 13.1. The van der Waals surface area contributed by atoms with Gasteiger partial charge in [-0.05, 0) is 74.2 Å². The van der Waals surface area contributed by atoms with Gasteiger partial charge in [-0.3, -0.25) is 4.79 Å². The van der Waals surface area contributed by atoms with E-state index in [-0.39, 0.29) is 29.5 Å². The highest BCUT2D eigenvalue weighted by Gasteiger charge is 2.32. The molecule has 0 heterocycles. The molecule has 0 saturated heterocycles. The lowest BCUT2D eigenvalue weighted by molar-refractivity contribution is -0.122. The molecule has 0 aromatic heterocycles. The molecule has 0 aliphatic heterocycles. The van der Waals surface area contributed by atoms with Crippen molar-refractivity contribution in [3.05, 3.63) is 83.9 Å². The molecule has 0 saturated carbocycles. The summed E-state index contributed by atoms with van der Waals surface area (Å²) >= 11 is 0. The number of aromatic hydroxyl groups is 1. The molecule has 1 amide bonds. The Hall–Kier alpha value is -3.60. The molecule has 3 rings (SSSR count). The Kier molecular flexibility index (Phi) is 10.9. The molecular formula is C30H38N2O7S. The maximum Gasteiger partial charge on any atom is 0.243 e. The Morgan fingerprint density at radius 3 is 2.23 bits per heavy atom. The van der Waals surface area contributed by atoms with Gasteiger partial charge in [-0.2, -0.15) is 4.31 Å². The number of aliphatic hydroxyl groups is 1. The average molecular weight is 571 g/mol. The van der Waals surface area contributed by atoms with Gasteiger partial charge in [0, 0.05) is 19.0 Å². The van der Waals surface area contributed by atoms with Crippen LogP contribution >= 0.6 is 0 Å². The van der Waals surface area contributed by atoms with Crippen molar-refractivity contribution in [3.63, 3.8) is 0 Å². The van der Waals surface area contributed by atoms with Crippen LogP contribution in [0.4, 0.5) is 0 Å². The molecule has 10 heteroatoms. The molecule has 3 N–H and O–H groups in total. The summed E-state index contributed by atoms with van der Waals surface area (Å²) in [5.41, 5.74) is 1.70. The lowest BCUT2D eigenvalue weighted by Crippen LogP contribution is -2.52. The fourth-order valence-electron chi connectivity index (χ4n) is 4.35. The Balaban J connectivity index is 1.77. The van der Waals surface area contributed by atoms with Gasteiger partial charge in [0.2, 0.25) is 15.9 Å². The highest BCUT2D eigenvalue weighted by Crippen LogP contribution is 2.27. The van der Waals surface area contributed by atoms with E-state index in [0.29, 0.717) is 24.3 Å². The first kappa shape index (κ1) is 30.9. The maximum absolute atomic E-state index is 13.5. The van der Waals surface area contributed by atoms with Crippen molar-refractivity contribution in [2.75, 3.05) is 20.8 Å². The monoisotopic (exact) mass is 570 g/mol. The number of amides is 1. The second-order valence-corrected chi connectivity index (χ2v) is 11.7. The third kappa shape index (κ3) is 8.20. The van der Waals surface area contributed by atoms with Crippen LogP contribution in [0, 0.1) is 0 Å². The number of phenols is 1. The second-order valence-electron chi connectivity index (χ2n) is 9.78. The topological polar surface area (TPSA) is 125 Å². The summed E-state index contributed by atoms with van der Waals surface area (Å²) in [4.78, 5) is 13.1. The summed E-state index contributed by atoms with van der Waals surface area (Å²) in [7, 11) is -0.981. The van der Waals surface area contributed by atoms with Gasteiger partial charge in [0.25, 0.3) is 0 Å². The van der Waals surface area contributed by atoms with Crippen molar-refractivity contribution < 1.29 is 32.9 Å². The number of methoxy groups -OCH3 is 2. The maximum atomic E-state index is 13.5. The molecule has 0 bridgehead atoms. The minimum absolute atomic E-state index is 0.0149. The van der Waals surface area contributed by atoms with Crippen molar-refractivity contribution >= 4 is 15.9 Å². The Morgan fingerprint density at radius 1 is 0.950 bits per heavy atom. The number of ether oxygens (including phenoxy) is 2. The number of aryl methyl sites for hydroxylation is 1. The summed E-state index contributed by atoms with van der Waals surface area (Å²) in [5.74, 6) is 0.579. The standard InChI is InChI=1S/C30H38N2O7S/c1-21(2)32(40(36,37)25-14-12-24(38-3)13-15-25)20-28(34)26(18-22-8-6-5-7-9-22)31-30(35)17-11-23-10-16-27(33)29(19-23)39-4/h5-10,12-16,19,21,26,28,33-34H,11,17-18,20H2,1-4H3,(H,31,35)/t26-,28+/m0/s1. The summed E-state index contributed by atoms with van der Waals surface area (Å²) in [6, 6.07) is 19.2. The molecule has 9 nitrogen and oxygen atoms in total. The molecule has 0 fully saturated rings. The SMILES string of the molecule is COc1ccc(S(=O)(=O)N(C[C@@H](O)[C@H](Cc2ccccc2)NC(=O)CCc2ccc(O)c(OC)c2)C(C)C)cc1. The number of rotatable bonds is 14. The molecule has 216 valence electrons. The van der Waals surface area contributed by atoms with Crippen LogP contribution in [0.5, 0.6) is 17.2 Å². The van der Waals surface area contributed by atoms with Crippen molar-refractivity contribution in [2.45, 2.75) is 56.2 Å². The lowest BCUT2D eigenvalue weighted by Gasteiger charge is -2.32.